The second-order valence-corrected chi connectivity index (χ2v) is 4.83. The third-order valence-corrected chi connectivity index (χ3v) is 3.30. The molecule has 0 spiro atoms. The molecule has 1 heterocycles. The molecule has 1 aromatic carbocycles. The number of nitrogens with zero attached hydrogens (tertiary/aromatic N) is 1. The fraction of sp³-hybridized carbons (Fsp3) is 0.364. The van der Waals surface area contributed by atoms with Gasteiger partial charge in [0.2, 0.25) is 0 Å². The molecule has 1 fully saturated rings. The van der Waals surface area contributed by atoms with Crippen LogP contribution >= 0.6 is 15.9 Å². The minimum Gasteiger partial charge on any atom is -0.366 e. The van der Waals surface area contributed by atoms with E-state index in [1.54, 1.807) is 6.07 Å². The summed E-state index contributed by atoms with van der Waals surface area (Å²) in [5.74, 6) is -0.316. The van der Waals surface area contributed by atoms with Gasteiger partial charge in [0, 0.05) is 24.8 Å². The Balaban J connectivity index is 2.08. The first-order valence-corrected chi connectivity index (χ1v) is 6.44. The molecule has 2 N–H and O–H groups in total. The smallest absolute Gasteiger partial charge is 0.285 e. The molecule has 1 atom stereocenters. The lowest BCUT2D eigenvalue weighted by Gasteiger charge is -2.22. The Hall–Kier alpha value is -1.51. The summed E-state index contributed by atoms with van der Waals surface area (Å²) in [4.78, 5) is 22.2. The summed E-state index contributed by atoms with van der Waals surface area (Å²) in [6.07, 6.45) is -0.573. The number of hydrogen-bond acceptors (Lipinski definition) is 5. The molecule has 1 aliphatic heterocycles. The molecule has 0 saturated carbocycles. The van der Waals surface area contributed by atoms with Crippen LogP contribution in [0.25, 0.3) is 0 Å². The highest BCUT2D eigenvalue weighted by Crippen LogP contribution is 2.27. The number of amides is 1. The summed E-state index contributed by atoms with van der Waals surface area (Å²) in [5, 5.41) is 16.4. The fourth-order valence-electron chi connectivity index (χ4n) is 1.69. The first-order chi connectivity index (χ1) is 9.08. The molecule has 0 aromatic heterocycles. The lowest BCUT2D eigenvalue weighted by atomic mass is 10.2. The van der Waals surface area contributed by atoms with E-state index in [1.807, 2.05) is 0 Å². The van der Waals surface area contributed by atoms with E-state index in [9.17, 15) is 14.9 Å². The van der Waals surface area contributed by atoms with Crippen molar-refractivity contribution in [2.75, 3.05) is 25.0 Å². The zero-order valence-electron chi connectivity index (χ0n) is 9.89. The number of morpholine rings is 1. The summed E-state index contributed by atoms with van der Waals surface area (Å²) < 4.78 is 5.66. The molecule has 1 amide bonds. The van der Waals surface area contributed by atoms with E-state index in [1.165, 1.54) is 12.1 Å². The highest BCUT2D eigenvalue weighted by molar-refractivity contribution is 9.10. The standard InChI is InChI=1S/C11H12BrN3O4/c12-8-2-1-7(5-9(8)15(17)18)14-11(16)10-6-13-3-4-19-10/h1-2,5,10,13H,3-4,6H2,(H,14,16). The van der Waals surface area contributed by atoms with Gasteiger partial charge in [0.05, 0.1) is 16.0 Å². The van der Waals surface area contributed by atoms with E-state index in [-0.39, 0.29) is 11.6 Å². The number of hydrogen-bond donors (Lipinski definition) is 2. The van der Waals surface area contributed by atoms with E-state index in [0.717, 1.165) is 0 Å². The number of nitro benzene ring substituents is 1. The predicted octanol–water partition coefficient (Wildman–Crippen LogP) is 1.28. The molecule has 0 radical (unpaired) electrons. The van der Waals surface area contributed by atoms with Gasteiger partial charge in [0.1, 0.15) is 6.10 Å². The van der Waals surface area contributed by atoms with Gasteiger partial charge in [-0.05, 0) is 28.1 Å². The maximum absolute atomic E-state index is 11.9. The molecule has 8 heteroatoms. The van der Waals surface area contributed by atoms with Gasteiger partial charge in [0.15, 0.2) is 0 Å². The normalized spacial score (nSPS) is 18.9. The molecular formula is C11H12BrN3O4. The lowest BCUT2D eigenvalue weighted by Crippen LogP contribution is -2.45. The monoisotopic (exact) mass is 329 g/mol. The highest BCUT2D eigenvalue weighted by Gasteiger charge is 2.22. The molecule has 1 aliphatic rings. The second-order valence-electron chi connectivity index (χ2n) is 3.98. The van der Waals surface area contributed by atoms with Gasteiger partial charge < -0.3 is 15.4 Å². The van der Waals surface area contributed by atoms with Gasteiger partial charge in [-0.25, -0.2) is 0 Å². The zero-order chi connectivity index (χ0) is 13.8. The molecular weight excluding hydrogens is 318 g/mol. The summed E-state index contributed by atoms with van der Waals surface area (Å²) in [7, 11) is 0. The van der Waals surface area contributed by atoms with Crippen LogP contribution in [0, 0.1) is 10.1 Å². The number of nitrogens with one attached hydrogen (secondary N) is 2. The minimum atomic E-state index is -0.573. The van der Waals surface area contributed by atoms with E-state index in [0.29, 0.717) is 29.9 Å². The third-order valence-electron chi connectivity index (χ3n) is 2.63. The van der Waals surface area contributed by atoms with Crippen LogP contribution in [-0.2, 0) is 9.53 Å². The molecule has 19 heavy (non-hydrogen) atoms. The summed E-state index contributed by atoms with van der Waals surface area (Å²) >= 11 is 3.08. The van der Waals surface area contributed by atoms with Crippen LogP contribution in [0.3, 0.4) is 0 Å². The Labute approximate surface area is 117 Å². The van der Waals surface area contributed by atoms with Crippen molar-refractivity contribution in [1.82, 2.24) is 5.32 Å². The van der Waals surface area contributed by atoms with Gasteiger partial charge in [-0.3, -0.25) is 14.9 Å². The Morgan fingerprint density at radius 2 is 2.37 bits per heavy atom. The van der Waals surface area contributed by atoms with Gasteiger partial charge in [-0.2, -0.15) is 0 Å². The number of rotatable bonds is 3. The summed E-state index contributed by atoms with van der Waals surface area (Å²) in [6, 6.07) is 4.41. The second kappa shape index (κ2) is 6.09. The van der Waals surface area contributed by atoms with Crippen LogP contribution in [-0.4, -0.2) is 36.6 Å². The van der Waals surface area contributed by atoms with Gasteiger partial charge in [-0.15, -0.1) is 0 Å². The molecule has 2 rings (SSSR count). The van der Waals surface area contributed by atoms with Gasteiger partial charge >= 0.3 is 0 Å². The number of halogens is 1. The third kappa shape index (κ3) is 3.49. The molecule has 0 bridgehead atoms. The van der Waals surface area contributed by atoms with Crippen molar-refractivity contribution in [2.24, 2.45) is 0 Å². The number of benzene rings is 1. The highest BCUT2D eigenvalue weighted by atomic mass is 79.9. The first kappa shape index (κ1) is 13.9. The largest absolute Gasteiger partial charge is 0.366 e. The first-order valence-electron chi connectivity index (χ1n) is 5.65. The molecule has 7 nitrogen and oxygen atoms in total. The van der Waals surface area contributed by atoms with Crippen molar-refractivity contribution in [2.45, 2.75) is 6.10 Å². The van der Waals surface area contributed by atoms with Crippen molar-refractivity contribution < 1.29 is 14.5 Å². The number of ether oxygens (including phenoxy) is 1. The molecule has 102 valence electrons. The Bertz CT molecular complexity index is 503. The molecule has 1 unspecified atom stereocenters. The van der Waals surface area contributed by atoms with Crippen LogP contribution < -0.4 is 10.6 Å². The minimum absolute atomic E-state index is 0.0968. The van der Waals surface area contributed by atoms with Crippen LogP contribution in [0.2, 0.25) is 0 Å². The fourth-order valence-corrected chi connectivity index (χ4v) is 2.08. The average molecular weight is 330 g/mol. The number of carbonyl (C=O) groups excluding carboxylic acids is 1. The lowest BCUT2D eigenvalue weighted by molar-refractivity contribution is -0.385. The maximum Gasteiger partial charge on any atom is 0.285 e. The van der Waals surface area contributed by atoms with E-state index in [2.05, 4.69) is 26.6 Å². The van der Waals surface area contributed by atoms with Crippen LogP contribution in [0.15, 0.2) is 22.7 Å². The molecule has 1 saturated heterocycles. The van der Waals surface area contributed by atoms with E-state index >= 15 is 0 Å². The van der Waals surface area contributed by atoms with Crippen molar-refractivity contribution >= 4 is 33.2 Å². The van der Waals surface area contributed by atoms with E-state index < -0.39 is 11.0 Å². The van der Waals surface area contributed by atoms with Crippen LogP contribution in [0.5, 0.6) is 0 Å². The van der Waals surface area contributed by atoms with Gasteiger partial charge in [0.25, 0.3) is 11.6 Å². The number of carbonyl (C=O) groups is 1. The maximum atomic E-state index is 11.9. The van der Waals surface area contributed by atoms with Crippen molar-refractivity contribution in [3.63, 3.8) is 0 Å². The molecule has 0 aliphatic carbocycles. The van der Waals surface area contributed by atoms with Crippen LogP contribution in [0.4, 0.5) is 11.4 Å². The van der Waals surface area contributed by atoms with Crippen molar-refractivity contribution in [3.8, 4) is 0 Å². The topological polar surface area (TPSA) is 93.5 Å². The Kier molecular flexibility index (Phi) is 4.46. The van der Waals surface area contributed by atoms with Crippen molar-refractivity contribution in [3.05, 3.63) is 32.8 Å². The summed E-state index contributed by atoms with van der Waals surface area (Å²) in [5.41, 5.74) is 0.273. The predicted molar refractivity (Wildman–Crippen MR) is 72.0 cm³/mol. The SMILES string of the molecule is O=C(Nc1ccc(Br)c([N+](=O)[O-])c1)C1CNCCO1. The van der Waals surface area contributed by atoms with Gasteiger partial charge in [-0.1, -0.05) is 0 Å². The average Bonchev–Trinajstić information content (AvgIpc) is 2.41. The summed E-state index contributed by atoms with van der Waals surface area (Å²) in [6.45, 7) is 1.62. The van der Waals surface area contributed by atoms with Crippen LogP contribution in [0.1, 0.15) is 0 Å². The van der Waals surface area contributed by atoms with Crippen molar-refractivity contribution in [1.29, 1.82) is 0 Å². The zero-order valence-corrected chi connectivity index (χ0v) is 11.5. The number of nitro groups is 1. The quantitative estimate of drug-likeness (QED) is 0.643. The molecule has 1 aromatic rings. The number of anilines is 1. The Morgan fingerprint density at radius 3 is 3.00 bits per heavy atom. The van der Waals surface area contributed by atoms with E-state index in [4.69, 9.17) is 4.74 Å². The Morgan fingerprint density at radius 1 is 1.58 bits per heavy atom.